The van der Waals surface area contributed by atoms with E-state index >= 15 is 0 Å². The Bertz CT molecular complexity index is 628. The van der Waals surface area contributed by atoms with Crippen molar-refractivity contribution in [2.24, 2.45) is 5.73 Å². The maximum absolute atomic E-state index is 12.1. The van der Waals surface area contributed by atoms with Crippen LogP contribution in [0.1, 0.15) is 18.4 Å². The molecule has 24 heavy (non-hydrogen) atoms. The first kappa shape index (κ1) is 17.5. The Morgan fingerprint density at radius 2 is 1.96 bits per heavy atom. The SMILES string of the molecule is NC(=O)NCCC(=O)OCC(=O)N1CC=C(c2ccccc2)CC1. The van der Waals surface area contributed by atoms with Crippen molar-refractivity contribution in [2.75, 3.05) is 26.2 Å². The highest BCUT2D eigenvalue weighted by Crippen LogP contribution is 2.21. The molecule has 0 spiro atoms. The predicted octanol–water partition coefficient (Wildman–Crippen LogP) is 0.904. The van der Waals surface area contributed by atoms with Crippen molar-refractivity contribution in [3.63, 3.8) is 0 Å². The molecule has 0 radical (unpaired) electrons. The molecule has 0 fully saturated rings. The first-order valence-corrected chi connectivity index (χ1v) is 7.77. The number of ether oxygens (including phenoxy) is 1. The summed E-state index contributed by atoms with van der Waals surface area (Å²) in [6, 6.07) is 9.33. The topological polar surface area (TPSA) is 102 Å². The highest BCUT2D eigenvalue weighted by atomic mass is 16.5. The van der Waals surface area contributed by atoms with Crippen molar-refractivity contribution in [2.45, 2.75) is 12.8 Å². The summed E-state index contributed by atoms with van der Waals surface area (Å²) in [5, 5.41) is 2.28. The summed E-state index contributed by atoms with van der Waals surface area (Å²) >= 11 is 0. The van der Waals surface area contributed by atoms with Crippen molar-refractivity contribution < 1.29 is 19.1 Å². The van der Waals surface area contributed by atoms with E-state index in [1.165, 1.54) is 5.57 Å². The Morgan fingerprint density at radius 1 is 1.21 bits per heavy atom. The van der Waals surface area contributed by atoms with Crippen molar-refractivity contribution >= 4 is 23.5 Å². The highest BCUT2D eigenvalue weighted by molar-refractivity contribution is 5.82. The van der Waals surface area contributed by atoms with Crippen molar-refractivity contribution in [3.8, 4) is 0 Å². The van der Waals surface area contributed by atoms with Crippen LogP contribution in [0.3, 0.4) is 0 Å². The Kier molecular flexibility index (Phi) is 6.36. The summed E-state index contributed by atoms with van der Waals surface area (Å²) in [6.07, 6.45) is 2.77. The summed E-state index contributed by atoms with van der Waals surface area (Å²) < 4.78 is 4.91. The Balaban J connectivity index is 1.73. The average molecular weight is 331 g/mol. The van der Waals surface area contributed by atoms with Gasteiger partial charge in [-0.25, -0.2) is 4.79 Å². The van der Waals surface area contributed by atoms with E-state index in [-0.39, 0.29) is 25.5 Å². The molecule has 7 heteroatoms. The number of carbonyl (C=O) groups is 3. The number of hydrogen-bond acceptors (Lipinski definition) is 4. The van der Waals surface area contributed by atoms with Crippen molar-refractivity contribution in [1.82, 2.24) is 10.2 Å². The summed E-state index contributed by atoms with van der Waals surface area (Å²) in [5.41, 5.74) is 7.26. The molecule has 1 aromatic rings. The zero-order chi connectivity index (χ0) is 17.4. The number of benzene rings is 1. The quantitative estimate of drug-likeness (QED) is 0.756. The number of urea groups is 1. The molecule has 0 aromatic heterocycles. The van der Waals surface area contributed by atoms with Crippen LogP contribution in [0.15, 0.2) is 36.4 Å². The molecule has 3 amide bonds. The van der Waals surface area contributed by atoms with Gasteiger partial charge in [0, 0.05) is 19.6 Å². The van der Waals surface area contributed by atoms with Crippen molar-refractivity contribution in [3.05, 3.63) is 42.0 Å². The lowest BCUT2D eigenvalue weighted by molar-refractivity contribution is -0.151. The number of hydrogen-bond donors (Lipinski definition) is 2. The molecule has 1 aliphatic rings. The van der Waals surface area contributed by atoms with Gasteiger partial charge in [-0.15, -0.1) is 0 Å². The van der Waals surface area contributed by atoms with E-state index in [0.717, 1.165) is 12.0 Å². The van der Waals surface area contributed by atoms with Gasteiger partial charge in [-0.3, -0.25) is 9.59 Å². The van der Waals surface area contributed by atoms with Gasteiger partial charge in [0.25, 0.3) is 5.91 Å². The van der Waals surface area contributed by atoms with Crippen LogP contribution in [0.5, 0.6) is 0 Å². The average Bonchev–Trinajstić information content (AvgIpc) is 2.60. The van der Waals surface area contributed by atoms with Gasteiger partial charge in [0.2, 0.25) is 0 Å². The van der Waals surface area contributed by atoms with E-state index in [9.17, 15) is 14.4 Å². The number of carbonyl (C=O) groups excluding carboxylic acids is 3. The van der Waals surface area contributed by atoms with Gasteiger partial charge < -0.3 is 20.7 Å². The molecule has 3 N–H and O–H groups in total. The van der Waals surface area contributed by atoms with E-state index < -0.39 is 12.0 Å². The van der Waals surface area contributed by atoms with Crippen LogP contribution in [-0.2, 0) is 14.3 Å². The minimum Gasteiger partial charge on any atom is -0.456 e. The highest BCUT2D eigenvalue weighted by Gasteiger charge is 2.19. The van der Waals surface area contributed by atoms with Gasteiger partial charge in [0.05, 0.1) is 6.42 Å². The van der Waals surface area contributed by atoms with Crippen LogP contribution in [0, 0.1) is 0 Å². The number of amides is 3. The first-order valence-electron chi connectivity index (χ1n) is 7.77. The molecular formula is C17H21N3O4. The molecule has 0 saturated carbocycles. The molecule has 0 aliphatic carbocycles. The molecule has 128 valence electrons. The van der Waals surface area contributed by atoms with Gasteiger partial charge in [0.1, 0.15) is 0 Å². The second-order valence-corrected chi connectivity index (χ2v) is 5.39. The van der Waals surface area contributed by atoms with Crippen LogP contribution in [0.4, 0.5) is 4.79 Å². The Morgan fingerprint density at radius 3 is 2.58 bits per heavy atom. The lowest BCUT2D eigenvalue weighted by Gasteiger charge is -2.26. The smallest absolute Gasteiger partial charge is 0.312 e. The standard InChI is InChI=1S/C17H21N3O4/c18-17(23)19-9-6-16(22)24-12-15(21)20-10-7-14(8-11-20)13-4-2-1-3-5-13/h1-5,7H,6,8-12H2,(H3,18,19,23). The maximum Gasteiger partial charge on any atom is 0.312 e. The molecule has 1 heterocycles. The number of nitrogens with one attached hydrogen (secondary N) is 1. The fraction of sp³-hybridized carbons (Fsp3) is 0.353. The van der Waals surface area contributed by atoms with E-state index in [2.05, 4.69) is 5.32 Å². The molecule has 0 atom stereocenters. The van der Waals surface area contributed by atoms with Gasteiger partial charge in [0.15, 0.2) is 6.61 Å². The van der Waals surface area contributed by atoms with Crippen LogP contribution in [-0.4, -0.2) is 49.0 Å². The predicted molar refractivity (Wildman–Crippen MR) is 88.8 cm³/mol. The minimum atomic E-state index is -0.701. The molecule has 0 saturated heterocycles. The molecule has 0 bridgehead atoms. The molecule has 7 nitrogen and oxygen atoms in total. The van der Waals surface area contributed by atoms with E-state index in [4.69, 9.17) is 10.5 Å². The zero-order valence-corrected chi connectivity index (χ0v) is 13.4. The van der Waals surface area contributed by atoms with Gasteiger partial charge in [-0.1, -0.05) is 36.4 Å². The van der Waals surface area contributed by atoms with Crippen LogP contribution < -0.4 is 11.1 Å². The summed E-state index contributed by atoms with van der Waals surface area (Å²) in [4.78, 5) is 35.6. The van der Waals surface area contributed by atoms with E-state index in [1.807, 2.05) is 36.4 Å². The second-order valence-electron chi connectivity index (χ2n) is 5.39. The number of nitrogens with two attached hydrogens (primary N) is 1. The summed E-state index contributed by atoms with van der Waals surface area (Å²) in [6.45, 7) is 0.906. The van der Waals surface area contributed by atoms with E-state index in [0.29, 0.717) is 13.1 Å². The summed E-state index contributed by atoms with van der Waals surface area (Å²) in [7, 11) is 0. The van der Waals surface area contributed by atoms with Crippen LogP contribution >= 0.6 is 0 Å². The van der Waals surface area contributed by atoms with Gasteiger partial charge in [-0.05, 0) is 17.6 Å². The molecule has 2 rings (SSSR count). The van der Waals surface area contributed by atoms with Gasteiger partial charge >= 0.3 is 12.0 Å². The maximum atomic E-state index is 12.1. The fourth-order valence-corrected chi connectivity index (χ4v) is 2.40. The lowest BCUT2D eigenvalue weighted by atomic mass is 10.00. The largest absolute Gasteiger partial charge is 0.456 e. The second kappa shape index (κ2) is 8.71. The van der Waals surface area contributed by atoms with Gasteiger partial charge in [-0.2, -0.15) is 0 Å². The fourth-order valence-electron chi connectivity index (χ4n) is 2.40. The third kappa shape index (κ3) is 5.42. The third-order valence-corrected chi connectivity index (χ3v) is 3.69. The zero-order valence-electron chi connectivity index (χ0n) is 13.4. The third-order valence-electron chi connectivity index (χ3n) is 3.69. The monoisotopic (exact) mass is 331 g/mol. The first-order chi connectivity index (χ1) is 11.6. The number of nitrogens with zero attached hydrogens (tertiary/aromatic N) is 1. The lowest BCUT2D eigenvalue weighted by Crippen LogP contribution is -2.38. The summed E-state index contributed by atoms with van der Waals surface area (Å²) in [5.74, 6) is -0.774. The Hall–Kier alpha value is -2.83. The molecular weight excluding hydrogens is 310 g/mol. The normalized spacial score (nSPS) is 13.8. The molecule has 1 aromatic carbocycles. The van der Waals surface area contributed by atoms with Crippen LogP contribution in [0.25, 0.3) is 5.57 Å². The molecule has 0 unspecified atom stereocenters. The number of primary amides is 1. The van der Waals surface area contributed by atoms with Crippen molar-refractivity contribution in [1.29, 1.82) is 0 Å². The minimum absolute atomic E-state index is 0.0196. The van der Waals surface area contributed by atoms with E-state index in [1.54, 1.807) is 4.90 Å². The van der Waals surface area contributed by atoms with Crippen LogP contribution in [0.2, 0.25) is 0 Å². The molecule has 1 aliphatic heterocycles. The number of esters is 1. The Labute approximate surface area is 140 Å². The number of rotatable bonds is 6.